The highest BCUT2D eigenvalue weighted by Gasteiger charge is 2.01. The third-order valence-corrected chi connectivity index (χ3v) is 3.96. The largest absolute Gasteiger partial charge is 0.445 e. The summed E-state index contributed by atoms with van der Waals surface area (Å²) in [5, 5.41) is 2.74. The Bertz CT molecular complexity index is 668. The van der Waals surface area contributed by atoms with Crippen LogP contribution >= 0.6 is 15.9 Å². The molecule has 0 heterocycles. The van der Waals surface area contributed by atoms with E-state index < -0.39 is 0 Å². The first-order chi connectivity index (χ1) is 11.1. The molecule has 0 saturated heterocycles. The summed E-state index contributed by atoms with van der Waals surface area (Å²) >= 11 is 3.52. The lowest BCUT2D eigenvalue weighted by Crippen LogP contribution is -2.24. The molecule has 0 radical (unpaired) electrons. The van der Waals surface area contributed by atoms with Crippen molar-refractivity contribution < 1.29 is 9.53 Å². The summed E-state index contributed by atoms with van der Waals surface area (Å²) in [6.07, 6.45) is 4.45. The van der Waals surface area contributed by atoms with Gasteiger partial charge in [0.25, 0.3) is 0 Å². The highest BCUT2D eigenvalue weighted by atomic mass is 79.9. The molecule has 0 aliphatic heterocycles. The van der Waals surface area contributed by atoms with Crippen LogP contribution in [0.4, 0.5) is 4.79 Å². The van der Waals surface area contributed by atoms with Gasteiger partial charge >= 0.3 is 6.09 Å². The van der Waals surface area contributed by atoms with E-state index in [1.165, 1.54) is 5.56 Å². The number of hydrogen-bond donors (Lipinski definition) is 1. The highest BCUT2D eigenvalue weighted by Crippen LogP contribution is 2.19. The van der Waals surface area contributed by atoms with Gasteiger partial charge in [-0.25, -0.2) is 4.79 Å². The van der Waals surface area contributed by atoms with E-state index in [1.807, 2.05) is 48.6 Å². The van der Waals surface area contributed by atoms with Crippen molar-refractivity contribution in [2.24, 2.45) is 0 Å². The summed E-state index contributed by atoms with van der Waals surface area (Å²) in [4.78, 5) is 11.6. The zero-order chi connectivity index (χ0) is 16.5. The van der Waals surface area contributed by atoms with Gasteiger partial charge in [0.15, 0.2) is 0 Å². The number of amides is 1. The van der Waals surface area contributed by atoms with Gasteiger partial charge in [-0.15, -0.1) is 0 Å². The van der Waals surface area contributed by atoms with E-state index in [1.54, 1.807) is 0 Å². The quantitative estimate of drug-likeness (QED) is 0.716. The van der Waals surface area contributed by atoms with Gasteiger partial charge in [-0.3, -0.25) is 0 Å². The van der Waals surface area contributed by atoms with Gasteiger partial charge in [0.2, 0.25) is 0 Å². The topological polar surface area (TPSA) is 38.3 Å². The number of ether oxygens (including phenoxy) is 1. The second kappa shape index (κ2) is 9.16. The standard InChI is InChI=1S/C19H20BrNO2/c1-15-10-11-18(20)17(13-15)9-5-6-12-21-19(22)23-14-16-7-3-2-4-8-16/h2-5,7-11,13H,6,12,14H2,1H3,(H,21,22). The van der Waals surface area contributed by atoms with Crippen LogP contribution in [0.1, 0.15) is 23.1 Å². The number of carbonyl (C=O) groups is 1. The van der Waals surface area contributed by atoms with Crippen molar-refractivity contribution in [1.29, 1.82) is 0 Å². The first kappa shape index (κ1) is 17.3. The summed E-state index contributed by atoms with van der Waals surface area (Å²) in [6, 6.07) is 15.8. The number of alkyl carbamates (subject to hydrolysis) is 1. The molecule has 0 aliphatic carbocycles. The monoisotopic (exact) mass is 373 g/mol. The van der Waals surface area contributed by atoms with E-state index in [9.17, 15) is 4.79 Å². The number of rotatable bonds is 6. The predicted molar refractivity (Wildman–Crippen MR) is 97.2 cm³/mol. The predicted octanol–water partition coefficient (Wildman–Crippen LogP) is 5.09. The Balaban J connectivity index is 1.67. The molecule has 0 bridgehead atoms. The van der Waals surface area contributed by atoms with Gasteiger partial charge in [-0.2, -0.15) is 0 Å². The Labute approximate surface area is 145 Å². The zero-order valence-corrected chi connectivity index (χ0v) is 14.7. The summed E-state index contributed by atoms with van der Waals surface area (Å²) < 4.78 is 6.21. The van der Waals surface area contributed by atoms with Crippen molar-refractivity contribution in [3.63, 3.8) is 0 Å². The van der Waals surface area contributed by atoms with Crippen LogP contribution in [-0.4, -0.2) is 12.6 Å². The van der Waals surface area contributed by atoms with Crippen LogP contribution in [0.3, 0.4) is 0 Å². The lowest BCUT2D eigenvalue weighted by Gasteiger charge is -2.06. The molecule has 1 amide bonds. The van der Waals surface area contributed by atoms with Crippen molar-refractivity contribution in [1.82, 2.24) is 5.32 Å². The van der Waals surface area contributed by atoms with Crippen LogP contribution in [0.25, 0.3) is 6.08 Å². The Kier molecular flexibility index (Phi) is 6.88. The van der Waals surface area contributed by atoms with Crippen LogP contribution in [0.2, 0.25) is 0 Å². The van der Waals surface area contributed by atoms with Gasteiger partial charge < -0.3 is 10.1 Å². The molecule has 0 aliphatic rings. The van der Waals surface area contributed by atoms with Crippen molar-refractivity contribution in [2.75, 3.05) is 6.54 Å². The van der Waals surface area contributed by atoms with Gasteiger partial charge in [-0.05, 0) is 30.5 Å². The third-order valence-electron chi connectivity index (χ3n) is 3.24. The Morgan fingerprint density at radius 2 is 2.00 bits per heavy atom. The second-order valence-electron chi connectivity index (χ2n) is 5.20. The van der Waals surface area contributed by atoms with E-state index in [4.69, 9.17) is 4.74 Å². The maximum Gasteiger partial charge on any atom is 0.407 e. The molecule has 0 aromatic heterocycles. The SMILES string of the molecule is Cc1ccc(Br)c(C=CCCNC(=O)OCc2ccccc2)c1. The first-order valence-electron chi connectivity index (χ1n) is 7.52. The average Bonchev–Trinajstić information content (AvgIpc) is 2.56. The number of benzene rings is 2. The number of carbonyl (C=O) groups excluding carboxylic acids is 1. The van der Waals surface area contributed by atoms with Crippen LogP contribution in [0.15, 0.2) is 59.1 Å². The molecule has 0 spiro atoms. The average molecular weight is 374 g/mol. The molecule has 4 heteroatoms. The maximum atomic E-state index is 11.6. The summed E-state index contributed by atoms with van der Waals surface area (Å²) in [6.45, 7) is 2.90. The van der Waals surface area contributed by atoms with Crippen molar-refractivity contribution >= 4 is 28.1 Å². The number of halogens is 1. The molecular weight excluding hydrogens is 354 g/mol. The lowest BCUT2D eigenvalue weighted by molar-refractivity contribution is 0.140. The van der Waals surface area contributed by atoms with Gasteiger partial charge in [0.05, 0.1) is 0 Å². The zero-order valence-electron chi connectivity index (χ0n) is 13.1. The lowest BCUT2D eigenvalue weighted by atomic mass is 10.1. The molecule has 1 N–H and O–H groups in total. The fraction of sp³-hybridized carbons (Fsp3) is 0.211. The van der Waals surface area contributed by atoms with Gasteiger partial charge in [0, 0.05) is 11.0 Å². The summed E-state index contributed by atoms with van der Waals surface area (Å²) in [5.41, 5.74) is 3.33. The molecule has 120 valence electrons. The smallest absolute Gasteiger partial charge is 0.407 e. The van der Waals surface area contributed by atoms with Crippen molar-refractivity contribution in [3.8, 4) is 0 Å². The van der Waals surface area contributed by atoms with Gasteiger partial charge in [-0.1, -0.05) is 76.1 Å². The van der Waals surface area contributed by atoms with Crippen molar-refractivity contribution in [3.05, 3.63) is 75.8 Å². The van der Waals surface area contributed by atoms with Crippen LogP contribution in [0, 0.1) is 6.92 Å². The molecule has 2 rings (SSSR count). The number of aryl methyl sites for hydroxylation is 1. The highest BCUT2D eigenvalue weighted by molar-refractivity contribution is 9.10. The Morgan fingerprint density at radius 3 is 2.78 bits per heavy atom. The molecule has 0 fully saturated rings. The second-order valence-corrected chi connectivity index (χ2v) is 6.06. The van der Waals surface area contributed by atoms with E-state index in [2.05, 4.69) is 40.3 Å². The molecule has 0 atom stereocenters. The molecule has 0 unspecified atom stereocenters. The molecule has 2 aromatic rings. The number of nitrogens with one attached hydrogen (secondary N) is 1. The first-order valence-corrected chi connectivity index (χ1v) is 8.31. The van der Waals surface area contributed by atoms with Crippen molar-refractivity contribution in [2.45, 2.75) is 20.0 Å². The molecule has 23 heavy (non-hydrogen) atoms. The van der Waals surface area contributed by atoms with Crippen LogP contribution < -0.4 is 5.32 Å². The van der Waals surface area contributed by atoms with Gasteiger partial charge in [0.1, 0.15) is 6.61 Å². The molecule has 3 nitrogen and oxygen atoms in total. The fourth-order valence-electron chi connectivity index (χ4n) is 2.03. The molecule has 0 saturated carbocycles. The molecular formula is C19H20BrNO2. The summed E-state index contributed by atoms with van der Waals surface area (Å²) in [5.74, 6) is 0. The normalized spacial score (nSPS) is 10.7. The maximum absolute atomic E-state index is 11.6. The number of hydrogen-bond acceptors (Lipinski definition) is 2. The van der Waals surface area contributed by atoms with E-state index in [0.717, 1.165) is 22.0 Å². The van der Waals surface area contributed by atoms with Crippen LogP contribution in [-0.2, 0) is 11.3 Å². The van der Waals surface area contributed by atoms with E-state index in [0.29, 0.717) is 13.2 Å². The summed E-state index contributed by atoms with van der Waals surface area (Å²) in [7, 11) is 0. The molecule has 2 aromatic carbocycles. The fourth-order valence-corrected chi connectivity index (χ4v) is 2.41. The Morgan fingerprint density at radius 1 is 1.22 bits per heavy atom. The van der Waals surface area contributed by atoms with E-state index >= 15 is 0 Å². The Hall–Kier alpha value is -2.07. The minimum absolute atomic E-state index is 0.290. The van der Waals surface area contributed by atoms with Crippen LogP contribution in [0.5, 0.6) is 0 Å². The third kappa shape index (κ3) is 6.28. The van der Waals surface area contributed by atoms with E-state index in [-0.39, 0.29) is 6.09 Å². The minimum atomic E-state index is -0.390. The minimum Gasteiger partial charge on any atom is -0.445 e.